The van der Waals surface area contributed by atoms with E-state index in [1.54, 1.807) is 0 Å². The summed E-state index contributed by atoms with van der Waals surface area (Å²) >= 11 is 5.78. The van der Waals surface area contributed by atoms with Crippen LogP contribution in [-0.2, 0) is 11.2 Å². The fourth-order valence-corrected chi connectivity index (χ4v) is 1.28. The third-order valence-electron chi connectivity index (χ3n) is 1.71. The monoisotopic (exact) mass is 245 g/mol. The molecule has 0 atom stereocenters. The van der Waals surface area contributed by atoms with Crippen molar-refractivity contribution in [1.82, 2.24) is 15.3 Å². The molecule has 0 aliphatic rings. The molecule has 0 aromatic carbocycles. The fourth-order valence-electron chi connectivity index (χ4n) is 1.08. The maximum atomic E-state index is 11.3. The van der Waals surface area contributed by atoms with Gasteiger partial charge in [-0.3, -0.25) is 0 Å². The van der Waals surface area contributed by atoms with Crippen molar-refractivity contribution in [3.8, 4) is 0 Å². The second-order valence-electron chi connectivity index (χ2n) is 4.35. The number of nitrogens with one attached hydrogen (secondary N) is 2. The Morgan fingerprint density at radius 3 is 2.81 bits per heavy atom. The Morgan fingerprint density at radius 1 is 1.62 bits per heavy atom. The molecule has 1 aromatic heterocycles. The van der Waals surface area contributed by atoms with E-state index in [4.69, 9.17) is 16.3 Å². The van der Waals surface area contributed by atoms with E-state index in [-0.39, 0.29) is 0 Å². The van der Waals surface area contributed by atoms with E-state index in [2.05, 4.69) is 15.3 Å². The average molecular weight is 246 g/mol. The summed E-state index contributed by atoms with van der Waals surface area (Å²) < 4.78 is 5.08. The molecule has 0 radical (unpaired) electrons. The first-order chi connectivity index (χ1) is 7.38. The Morgan fingerprint density at radius 2 is 2.31 bits per heavy atom. The summed E-state index contributed by atoms with van der Waals surface area (Å²) in [5.74, 6) is 0. The summed E-state index contributed by atoms with van der Waals surface area (Å²) in [5, 5.41) is 3.07. The van der Waals surface area contributed by atoms with Crippen molar-refractivity contribution < 1.29 is 9.53 Å². The molecule has 0 saturated heterocycles. The van der Waals surface area contributed by atoms with Crippen LogP contribution in [-0.4, -0.2) is 28.2 Å². The van der Waals surface area contributed by atoms with Crippen molar-refractivity contribution in [2.45, 2.75) is 32.8 Å². The van der Waals surface area contributed by atoms with E-state index < -0.39 is 11.7 Å². The topological polar surface area (TPSA) is 67.0 Å². The molecular formula is C10H16ClN3O2. The highest BCUT2D eigenvalue weighted by atomic mass is 35.5. The molecule has 1 amide bonds. The minimum Gasteiger partial charge on any atom is -0.444 e. The van der Waals surface area contributed by atoms with Gasteiger partial charge in [0.2, 0.25) is 0 Å². The molecule has 0 unspecified atom stereocenters. The van der Waals surface area contributed by atoms with Crippen LogP contribution >= 0.6 is 11.6 Å². The van der Waals surface area contributed by atoms with Crippen LogP contribution in [0.2, 0.25) is 5.15 Å². The molecule has 90 valence electrons. The Hall–Kier alpha value is -1.23. The van der Waals surface area contributed by atoms with E-state index in [0.717, 1.165) is 5.69 Å². The molecule has 5 nitrogen and oxygen atoms in total. The first-order valence-electron chi connectivity index (χ1n) is 5.03. The number of carbonyl (C=O) groups excluding carboxylic acids is 1. The third kappa shape index (κ3) is 4.53. The number of imidazole rings is 1. The van der Waals surface area contributed by atoms with Gasteiger partial charge in [-0.2, -0.15) is 0 Å². The standard InChI is InChI=1S/C10H16ClN3O2/c1-10(2,3)16-9(15)12-5-4-7-8(11)14-6-13-7/h6H,4-5H2,1-3H3,(H,12,15)(H,13,14). The average Bonchev–Trinajstić information content (AvgIpc) is 2.48. The molecule has 1 aromatic rings. The molecule has 0 bridgehead atoms. The maximum Gasteiger partial charge on any atom is 0.407 e. The van der Waals surface area contributed by atoms with E-state index in [0.29, 0.717) is 18.1 Å². The van der Waals surface area contributed by atoms with Crippen LogP contribution in [0.15, 0.2) is 6.33 Å². The Kier molecular flexibility index (Phi) is 4.18. The van der Waals surface area contributed by atoms with Crippen LogP contribution in [0.25, 0.3) is 0 Å². The van der Waals surface area contributed by atoms with Crippen molar-refractivity contribution in [2.24, 2.45) is 0 Å². The number of nitrogens with zero attached hydrogens (tertiary/aromatic N) is 1. The summed E-state index contributed by atoms with van der Waals surface area (Å²) in [5.41, 5.74) is 0.327. The van der Waals surface area contributed by atoms with Crippen LogP contribution in [0.3, 0.4) is 0 Å². The molecule has 0 aliphatic carbocycles. The number of H-pyrrole nitrogens is 1. The first-order valence-corrected chi connectivity index (χ1v) is 5.41. The third-order valence-corrected chi connectivity index (χ3v) is 2.03. The number of hydrogen-bond donors (Lipinski definition) is 2. The maximum absolute atomic E-state index is 11.3. The van der Waals surface area contributed by atoms with Crippen molar-refractivity contribution >= 4 is 17.7 Å². The molecule has 2 N–H and O–H groups in total. The van der Waals surface area contributed by atoms with E-state index in [9.17, 15) is 4.79 Å². The van der Waals surface area contributed by atoms with Crippen molar-refractivity contribution in [1.29, 1.82) is 0 Å². The SMILES string of the molecule is CC(C)(C)OC(=O)NCCc1[nH]cnc1Cl. The molecule has 16 heavy (non-hydrogen) atoms. The molecule has 0 fully saturated rings. The molecule has 0 saturated carbocycles. The molecule has 0 spiro atoms. The summed E-state index contributed by atoms with van der Waals surface area (Å²) in [4.78, 5) is 18.0. The van der Waals surface area contributed by atoms with Gasteiger partial charge in [-0.1, -0.05) is 11.6 Å². The second-order valence-corrected chi connectivity index (χ2v) is 4.71. The summed E-state index contributed by atoms with van der Waals surface area (Å²) in [6.45, 7) is 5.91. The van der Waals surface area contributed by atoms with Gasteiger partial charge in [-0.05, 0) is 20.8 Å². The lowest BCUT2D eigenvalue weighted by atomic mass is 10.2. The van der Waals surface area contributed by atoms with Gasteiger partial charge >= 0.3 is 6.09 Å². The van der Waals surface area contributed by atoms with E-state index >= 15 is 0 Å². The van der Waals surface area contributed by atoms with Gasteiger partial charge < -0.3 is 15.0 Å². The molecule has 6 heteroatoms. The van der Waals surface area contributed by atoms with Gasteiger partial charge in [0.15, 0.2) is 0 Å². The van der Waals surface area contributed by atoms with Gasteiger partial charge in [0, 0.05) is 13.0 Å². The molecular weight excluding hydrogens is 230 g/mol. The van der Waals surface area contributed by atoms with E-state index in [1.165, 1.54) is 6.33 Å². The highest BCUT2D eigenvalue weighted by Crippen LogP contribution is 2.09. The summed E-state index contributed by atoms with van der Waals surface area (Å²) in [7, 11) is 0. The number of aromatic nitrogens is 2. The quantitative estimate of drug-likeness (QED) is 0.857. The van der Waals surface area contributed by atoms with Crippen molar-refractivity contribution in [3.63, 3.8) is 0 Å². The predicted molar refractivity (Wildman–Crippen MR) is 61.5 cm³/mol. The Labute approximate surface area is 99.5 Å². The van der Waals surface area contributed by atoms with Crippen LogP contribution in [0.1, 0.15) is 26.5 Å². The van der Waals surface area contributed by atoms with Gasteiger partial charge in [0.05, 0.1) is 12.0 Å². The largest absolute Gasteiger partial charge is 0.444 e. The lowest BCUT2D eigenvalue weighted by molar-refractivity contribution is 0.0528. The van der Waals surface area contributed by atoms with Gasteiger partial charge in [-0.25, -0.2) is 9.78 Å². The summed E-state index contributed by atoms with van der Waals surface area (Å²) in [6, 6.07) is 0. The summed E-state index contributed by atoms with van der Waals surface area (Å²) in [6.07, 6.45) is 1.69. The number of hydrogen-bond acceptors (Lipinski definition) is 3. The highest BCUT2D eigenvalue weighted by molar-refractivity contribution is 6.30. The van der Waals surface area contributed by atoms with Crippen LogP contribution in [0.4, 0.5) is 4.79 Å². The number of ether oxygens (including phenoxy) is 1. The van der Waals surface area contributed by atoms with Crippen molar-refractivity contribution in [2.75, 3.05) is 6.54 Å². The number of aromatic amines is 1. The highest BCUT2D eigenvalue weighted by Gasteiger charge is 2.15. The second kappa shape index (κ2) is 5.21. The lowest BCUT2D eigenvalue weighted by Gasteiger charge is -2.19. The zero-order valence-corrected chi connectivity index (χ0v) is 10.4. The molecule has 1 heterocycles. The number of amides is 1. The number of carbonyl (C=O) groups is 1. The van der Waals surface area contributed by atoms with Crippen LogP contribution in [0.5, 0.6) is 0 Å². The number of alkyl carbamates (subject to hydrolysis) is 1. The van der Waals surface area contributed by atoms with Gasteiger partial charge in [0.1, 0.15) is 10.8 Å². The van der Waals surface area contributed by atoms with E-state index in [1.807, 2.05) is 20.8 Å². The van der Waals surface area contributed by atoms with Gasteiger partial charge in [0.25, 0.3) is 0 Å². The Bertz CT molecular complexity index is 357. The van der Waals surface area contributed by atoms with Crippen LogP contribution < -0.4 is 5.32 Å². The minimum atomic E-state index is -0.476. The number of halogens is 1. The van der Waals surface area contributed by atoms with Gasteiger partial charge in [-0.15, -0.1) is 0 Å². The zero-order chi connectivity index (χ0) is 12.2. The van der Waals surface area contributed by atoms with Crippen molar-refractivity contribution in [3.05, 3.63) is 17.2 Å². The predicted octanol–water partition coefficient (Wildman–Crippen LogP) is 2.13. The number of rotatable bonds is 3. The Balaban J connectivity index is 2.26. The first kappa shape index (κ1) is 12.8. The smallest absolute Gasteiger partial charge is 0.407 e. The fraction of sp³-hybridized carbons (Fsp3) is 0.600. The minimum absolute atomic E-state index is 0.428. The lowest BCUT2D eigenvalue weighted by Crippen LogP contribution is -2.33. The molecule has 1 rings (SSSR count). The zero-order valence-electron chi connectivity index (χ0n) is 9.63. The molecule has 0 aliphatic heterocycles. The van der Waals surface area contributed by atoms with Crippen LogP contribution in [0, 0.1) is 0 Å². The normalized spacial score (nSPS) is 11.2.